The number of hydrogen-bond donors (Lipinski definition) is 1. The van der Waals surface area contributed by atoms with Crippen LogP contribution in [0.5, 0.6) is 0 Å². The molecule has 0 aromatic heterocycles. The predicted molar refractivity (Wildman–Crippen MR) is 68.4 cm³/mol. The second kappa shape index (κ2) is 5.07. The van der Waals surface area contributed by atoms with Crippen LogP contribution in [-0.2, 0) is 10.0 Å². The summed E-state index contributed by atoms with van der Waals surface area (Å²) in [6, 6.07) is 2.69. The van der Waals surface area contributed by atoms with E-state index in [1.807, 2.05) is 0 Å². The summed E-state index contributed by atoms with van der Waals surface area (Å²) < 4.78 is 25.7. The zero-order valence-electron chi connectivity index (χ0n) is 10.9. The maximum absolute atomic E-state index is 12.2. The number of carbonyl (C=O) groups is 1. The first-order valence-corrected chi connectivity index (χ1v) is 6.96. The molecule has 0 radical (unpaired) electrons. The standard InChI is InChI=1S/C12H17NO4S/c1-5-13(4)18(16,17)11-7-10(12(14)15)6-8(2)9(11)3/h6-7H,5H2,1-4H3,(H,14,15). The van der Waals surface area contributed by atoms with Crippen LogP contribution >= 0.6 is 0 Å². The first-order chi connectivity index (χ1) is 8.21. The molecule has 6 heteroatoms. The molecule has 1 aromatic rings. The fourth-order valence-electron chi connectivity index (χ4n) is 1.56. The van der Waals surface area contributed by atoms with Gasteiger partial charge in [0.2, 0.25) is 10.0 Å². The Morgan fingerprint density at radius 1 is 1.33 bits per heavy atom. The number of carboxylic acids is 1. The Bertz CT molecular complexity index is 578. The van der Waals surface area contributed by atoms with Crippen LogP contribution < -0.4 is 0 Å². The summed E-state index contributed by atoms with van der Waals surface area (Å²) in [7, 11) is -2.16. The molecule has 1 N–H and O–H groups in total. The molecule has 0 saturated heterocycles. The highest BCUT2D eigenvalue weighted by atomic mass is 32.2. The van der Waals surface area contributed by atoms with E-state index < -0.39 is 16.0 Å². The minimum atomic E-state index is -3.63. The van der Waals surface area contributed by atoms with Crippen molar-refractivity contribution in [3.05, 3.63) is 28.8 Å². The highest BCUT2D eigenvalue weighted by molar-refractivity contribution is 7.89. The first kappa shape index (κ1) is 14.7. The van der Waals surface area contributed by atoms with Crippen molar-refractivity contribution in [1.82, 2.24) is 4.31 Å². The second-order valence-corrected chi connectivity index (χ2v) is 6.15. The monoisotopic (exact) mass is 271 g/mol. The van der Waals surface area contributed by atoms with E-state index in [1.165, 1.54) is 23.5 Å². The van der Waals surface area contributed by atoms with Gasteiger partial charge in [-0.2, -0.15) is 0 Å². The van der Waals surface area contributed by atoms with Crippen LogP contribution in [0.1, 0.15) is 28.4 Å². The van der Waals surface area contributed by atoms with Gasteiger partial charge in [0, 0.05) is 13.6 Å². The molecule has 0 aliphatic heterocycles. The Labute approximate surface area is 107 Å². The van der Waals surface area contributed by atoms with Crippen molar-refractivity contribution in [1.29, 1.82) is 0 Å². The molecule has 0 heterocycles. The van der Waals surface area contributed by atoms with Crippen LogP contribution in [0, 0.1) is 13.8 Å². The van der Waals surface area contributed by atoms with Gasteiger partial charge in [0.25, 0.3) is 0 Å². The maximum atomic E-state index is 12.2. The van der Waals surface area contributed by atoms with Crippen molar-refractivity contribution in [3.8, 4) is 0 Å². The number of aryl methyl sites for hydroxylation is 1. The summed E-state index contributed by atoms with van der Waals surface area (Å²) in [6.45, 7) is 5.43. The van der Waals surface area contributed by atoms with Gasteiger partial charge in [-0.3, -0.25) is 0 Å². The summed E-state index contributed by atoms with van der Waals surface area (Å²) >= 11 is 0. The Morgan fingerprint density at radius 2 is 1.89 bits per heavy atom. The maximum Gasteiger partial charge on any atom is 0.335 e. The van der Waals surface area contributed by atoms with Gasteiger partial charge in [0.1, 0.15) is 0 Å². The molecular formula is C12H17NO4S. The van der Waals surface area contributed by atoms with Crippen LogP contribution in [0.25, 0.3) is 0 Å². The van der Waals surface area contributed by atoms with E-state index in [0.717, 1.165) is 0 Å². The van der Waals surface area contributed by atoms with E-state index in [-0.39, 0.29) is 10.5 Å². The number of carboxylic acid groups (broad SMARTS) is 1. The van der Waals surface area contributed by atoms with Gasteiger partial charge in [-0.15, -0.1) is 0 Å². The lowest BCUT2D eigenvalue weighted by molar-refractivity contribution is 0.0696. The van der Waals surface area contributed by atoms with Crippen molar-refractivity contribution in [2.45, 2.75) is 25.7 Å². The van der Waals surface area contributed by atoms with Gasteiger partial charge in [0.15, 0.2) is 0 Å². The Balaban J connectivity index is 3.55. The molecular weight excluding hydrogens is 254 g/mol. The summed E-state index contributed by atoms with van der Waals surface area (Å²) in [4.78, 5) is 11.0. The zero-order chi connectivity index (χ0) is 14.1. The summed E-state index contributed by atoms with van der Waals surface area (Å²) in [5.41, 5.74) is 1.22. The molecule has 0 atom stereocenters. The first-order valence-electron chi connectivity index (χ1n) is 5.52. The lowest BCUT2D eigenvalue weighted by Gasteiger charge is -2.18. The van der Waals surface area contributed by atoms with Crippen molar-refractivity contribution >= 4 is 16.0 Å². The highest BCUT2D eigenvalue weighted by Crippen LogP contribution is 2.23. The molecule has 0 aliphatic carbocycles. The number of rotatable bonds is 4. The van der Waals surface area contributed by atoms with Gasteiger partial charge in [0.05, 0.1) is 10.5 Å². The molecule has 0 bridgehead atoms. The van der Waals surface area contributed by atoms with Crippen molar-refractivity contribution in [2.75, 3.05) is 13.6 Å². The molecule has 1 rings (SSSR count). The third-order valence-corrected chi connectivity index (χ3v) is 5.06. The largest absolute Gasteiger partial charge is 0.478 e. The topological polar surface area (TPSA) is 74.7 Å². The van der Waals surface area contributed by atoms with E-state index in [1.54, 1.807) is 20.8 Å². The molecule has 100 valence electrons. The van der Waals surface area contributed by atoms with E-state index in [2.05, 4.69) is 0 Å². The lowest BCUT2D eigenvalue weighted by atomic mass is 10.1. The molecule has 0 amide bonds. The summed E-state index contributed by atoms with van der Waals surface area (Å²) in [6.07, 6.45) is 0. The summed E-state index contributed by atoms with van der Waals surface area (Å²) in [5.74, 6) is -1.13. The Hall–Kier alpha value is -1.40. The average Bonchev–Trinajstić information content (AvgIpc) is 2.30. The number of benzene rings is 1. The third kappa shape index (κ3) is 2.54. The van der Waals surface area contributed by atoms with Crippen LogP contribution in [0.4, 0.5) is 0 Å². The van der Waals surface area contributed by atoms with Crippen LogP contribution in [0.15, 0.2) is 17.0 Å². The molecule has 0 spiro atoms. The van der Waals surface area contributed by atoms with Crippen molar-refractivity contribution in [2.24, 2.45) is 0 Å². The van der Waals surface area contributed by atoms with Gasteiger partial charge in [-0.05, 0) is 37.1 Å². The molecule has 0 fully saturated rings. The Kier molecular flexibility index (Phi) is 4.13. The number of aromatic carboxylic acids is 1. The van der Waals surface area contributed by atoms with Crippen molar-refractivity contribution < 1.29 is 18.3 Å². The predicted octanol–water partition coefficient (Wildman–Crippen LogP) is 1.64. The van der Waals surface area contributed by atoms with Crippen LogP contribution in [-0.4, -0.2) is 37.4 Å². The normalized spacial score (nSPS) is 11.8. The summed E-state index contributed by atoms with van der Waals surface area (Å²) in [5, 5.41) is 8.98. The van der Waals surface area contributed by atoms with Gasteiger partial charge >= 0.3 is 5.97 Å². The molecule has 1 aromatic carbocycles. The van der Waals surface area contributed by atoms with Gasteiger partial charge in [-0.1, -0.05) is 6.92 Å². The number of hydrogen-bond acceptors (Lipinski definition) is 3. The number of nitrogens with zero attached hydrogens (tertiary/aromatic N) is 1. The average molecular weight is 271 g/mol. The fraction of sp³-hybridized carbons (Fsp3) is 0.417. The minimum absolute atomic E-state index is 0.0128. The van der Waals surface area contributed by atoms with Gasteiger partial charge in [-0.25, -0.2) is 17.5 Å². The second-order valence-electron chi connectivity index (χ2n) is 4.14. The molecule has 18 heavy (non-hydrogen) atoms. The molecule has 0 aliphatic rings. The van der Waals surface area contributed by atoms with Crippen LogP contribution in [0.3, 0.4) is 0 Å². The lowest BCUT2D eigenvalue weighted by Crippen LogP contribution is -2.27. The zero-order valence-corrected chi connectivity index (χ0v) is 11.7. The third-order valence-electron chi connectivity index (χ3n) is 3.00. The smallest absolute Gasteiger partial charge is 0.335 e. The molecule has 0 saturated carbocycles. The molecule has 0 unspecified atom stereocenters. The van der Waals surface area contributed by atoms with Crippen molar-refractivity contribution in [3.63, 3.8) is 0 Å². The van der Waals surface area contributed by atoms with E-state index in [0.29, 0.717) is 17.7 Å². The Morgan fingerprint density at radius 3 is 2.33 bits per heavy atom. The van der Waals surface area contributed by atoms with E-state index in [4.69, 9.17) is 5.11 Å². The van der Waals surface area contributed by atoms with Crippen LogP contribution in [0.2, 0.25) is 0 Å². The minimum Gasteiger partial charge on any atom is -0.478 e. The molecule has 5 nitrogen and oxygen atoms in total. The van der Waals surface area contributed by atoms with Gasteiger partial charge < -0.3 is 5.11 Å². The SMILES string of the molecule is CCN(C)S(=O)(=O)c1cc(C(=O)O)cc(C)c1C. The number of sulfonamides is 1. The fourth-order valence-corrected chi connectivity index (χ4v) is 3.06. The van der Waals surface area contributed by atoms with E-state index in [9.17, 15) is 13.2 Å². The highest BCUT2D eigenvalue weighted by Gasteiger charge is 2.24. The van der Waals surface area contributed by atoms with E-state index >= 15 is 0 Å². The quantitative estimate of drug-likeness (QED) is 0.903.